The number of nitrogens with one attached hydrogen (secondary N) is 1. The van der Waals surface area contributed by atoms with Gasteiger partial charge in [-0.3, -0.25) is 0 Å². The summed E-state index contributed by atoms with van der Waals surface area (Å²) >= 11 is 5.85. The van der Waals surface area contributed by atoms with Gasteiger partial charge in [-0.05, 0) is 24.6 Å². The lowest BCUT2D eigenvalue weighted by Crippen LogP contribution is -2.08. The summed E-state index contributed by atoms with van der Waals surface area (Å²) in [5, 5.41) is 2.82. The minimum atomic E-state index is -4.46. The van der Waals surface area contributed by atoms with Crippen LogP contribution in [0, 0.1) is 6.92 Å². The Morgan fingerprint density at radius 1 is 1.35 bits per heavy atom. The van der Waals surface area contributed by atoms with Gasteiger partial charge in [-0.25, -0.2) is 9.97 Å². The molecule has 0 amide bonds. The summed E-state index contributed by atoms with van der Waals surface area (Å²) in [6.45, 7) is 2.26. The summed E-state index contributed by atoms with van der Waals surface area (Å²) in [5.74, 6) is 0.188. The summed E-state index contributed by atoms with van der Waals surface area (Å²) in [7, 11) is 0. The fourth-order valence-electron chi connectivity index (χ4n) is 2.19. The van der Waals surface area contributed by atoms with E-state index in [0.29, 0.717) is 6.54 Å². The molecule has 3 aromatic rings. The zero-order chi connectivity index (χ0) is 16.6. The maximum absolute atomic E-state index is 12.6. The second kappa shape index (κ2) is 5.73. The lowest BCUT2D eigenvalue weighted by atomic mass is 10.3. The predicted molar refractivity (Wildman–Crippen MR) is 81.5 cm³/mol. The Balaban J connectivity index is 1.78. The number of pyridine rings is 2. The zero-order valence-electron chi connectivity index (χ0n) is 12.0. The number of aryl methyl sites for hydroxylation is 1. The lowest BCUT2D eigenvalue weighted by Gasteiger charge is -2.09. The number of anilines is 1. The lowest BCUT2D eigenvalue weighted by molar-refractivity contribution is -0.137. The summed E-state index contributed by atoms with van der Waals surface area (Å²) in [6, 6.07) is 4.72. The van der Waals surface area contributed by atoms with Crippen LogP contribution in [0.2, 0.25) is 5.02 Å². The highest BCUT2D eigenvalue weighted by molar-refractivity contribution is 6.32. The van der Waals surface area contributed by atoms with Crippen LogP contribution in [0.15, 0.2) is 36.8 Å². The Morgan fingerprint density at radius 3 is 2.78 bits per heavy atom. The van der Waals surface area contributed by atoms with E-state index >= 15 is 0 Å². The van der Waals surface area contributed by atoms with Crippen molar-refractivity contribution in [3.05, 3.63) is 58.6 Å². The molecule has 0 spiro atoms. The van der Waals surface area contributed by atoms with E-state index in [9.17, 15) is 13.2 Å². The van der Waals surface area contributed by atoms with Gasteiger partial charge in [0.05, 0.1) is 22.8 Å². The largest absolute Gasteiger partial charge is 0.417 e. The van der Waals surface area contributed by atoms with Gasteiger partial charge in [0.1, 0.15) is 11.5 Å². The van der Waals surface area contributed by atoms with Crippen molar-refractivity contribution < 1.29 is 13.2 Å². The van der Waals surface area contributed by atoms with Gasteiger partial charge in [-0.15, -0.1) is 0 Å². The van der Waals surface area contributed by atoms with Gasteiger partial charge in [-0.1, -0.05) is 17.7 Å². The van der Waals surface area contributed by atoms with Crippen molar-refractivity contribution in [2.45, 2.75) is 19.6 Å². The van der Waals surface area contributed by atoms with Gasteiger partial charge in [0, 0.05) is 18.6 Å². The smallest absolute Gasteiger partial charge is 0.363 e. The molecule has 0 fully saturated rings. The van der Waals surface area contributed by atoms with Crippen LogP contribution in [0.25, 0.3) is 5.65 Å². The van der Waals surface area contributed by atoms with Gasteiger partial charge in [0.15, 0.2) is 0 Å². The van der Waals surface area contributed by atoms with E-state index in [1.165, 1.54) is 0 Å². The fraction of sp³-hybridized carbons (Fsp3) is 0.200. The van der Waals surface area contributed by atoms with E-state index in [1.54, 1.807) is 0 Å². The average molecular weight is 341 g/mol. The Labute approximate surface area is 134 Å². The highest BCUT2D eigenvalue weighted by atomic mass is 35.5. The summed E-state index contributed by atoms with van der Waals surface area (Å²) in [5.41, 5.74) is 1.72. The van der Waals surface area contributed by atoms with Gasteiger partial charge in [0.2, 0.25) is 0 Å². The molecule has 3 heterocycles. The molecule has 0 saturated carbocycles. The molecule has 4 nitrogen and oxygen atoms in total. The Morgan fingerprint density at radius 2 is 2.13 bits per heavy atom. The number of hydrogen-bond donors (Lipinski definition) is 1. The van der Waals surface area contributed by atoms with Crippen molar-refractivity contribution in [3.8, 4) is 0 Å². The highest BCUT2D eigenvalue weighted by Crippen LogP contribution is 2.32. The molecule has 1 N–H and O–H groups in total. The Hall–Kier alpha value is -2.28. The molecule has 0 aliphatic heterocycles. The monoisotopic (exact) mass is 340 g/mol. The van der Waals surface area contributed by atoms with E-state index in [2.05, 4.69) is 15.3 Å². The van der Waals surface area contributed by atoms with E-state index in [1.807, 2.05) is 35.9 Å². The Bertz CT molecular complexity index is 858. The van der Waals surface area contributed by atoms with Crippen LogP contribution in [-0.4, -0.2) is 14.4 Å². The second-order valence-corrected chi connectivity index (χ2v) is 5.47. The fourth-order valence-corrected chi connectivity index (χ4v) is 2.42. The summed E-state index contributed by atoms with van der Waals surface area (Å²) in [6.07, 6.45) is 0.00579. The minimum absolute atomic E-state index is 0.0835. The molecule has 0 bridgehead atoms. The van der Waals surface area contributed by atoms with E-state index in [4.69, 9.17) is 11.6 Å². The molecular formula is C15H12ClF3N4. The zero-order valence-corrected chi connectivity index (χ0v) is 12.8. The second-order valence-electron chi connectivity index (χ2n) is 5.06. The van der Waals surface area contributed by atoms with Crippen molar-refractivity contribution >= 4 is 23.1 Å². The van der Waals surface area contributed by atoms with Gasteiger partial charge in [-0.2, -0.15) is 13.2 Å². The molecule has 0 aromatic carbocycles. The van der Waals surface area contributed by atoms with Gasteiger partial charge in [0.25, 0.3) is 0 Å². The molecule has 0 aliphatic carbocycles. The standard InChI is InChI=1S/C15H12ClF3N4/c1-9-3-2-4-23-8-11(22-14(9)23)7-21-13-12(16)5-10(6-20-13)15(17,18)19/h2-6,8H,7H2,1H3,(H,20,21). The molecule has 0 unspecified atom stereocenters. The van der Waals surface area contributed by atoms with Crippen LogP contribution in [0.1, 0.15) is 16.8 Å². The maximum atomic E-state index is 12.6. The van der Waals surface area contributed by atoms with E-state index < -0.39 is 11.7 Å². The molecule has 8 heteroatoms. The first kappa shape index (κ1) is 15.6. The number of hydrogen-bond acceptors (Lipinski definition) is 3. The number of rotatable bonds is 3. The molecule has 0 saturated heterocycles. The van der Waals surface area contributed by atoms with E-state index in [-0.39, 0.29) is 10.8 Å². The number of imidazole rings is 1. The molecule has 120 valence electrons. The first-order valence-corrected chi connectivity index (χ1v) is 7.12. The first-order valence-electron chi connectivity index (χ1n) is 6.74. The first-order chi connectivity index (χ1) is 10.8. The van der Waals surface area contributed by atoms with Crippen molar-refractivity contribution in [1.82, 2.24) is 14.4 Å². The molecule has 0 radical (unpaired) electrons. The van der Waals surface area contributed by atoms with Crippen molar-refractivity contribution in [2.75, 3.05) is 5.32 Å². The third-order valence-electron chi connectivity index (χ3n) is 3.33. The van der Waals surface area contributed by atoms with Crippen molar-refractivity contribution in [1.29, 1.82) is 0 Å². The maximum Gasteiger partial charge on any atom is 0.417 e. The van der Waals surface area contributed by atoms with Gasteiger partial charge >= 0.3 is 6.18 Å². The Kier molecular flexibility index (Phi) is 3.89. The SMILES string of the molecule is Cc1cccn2cc(CNc3ncc(C(F)(F)F)cc3Cl)nc12. The normalized spacial score (nSPS) is 11.9. The van der Waals surface area contributed by atoms with Crippen molar-refractivity contribution in [2.24, 2.45) is 0 Å². The van der Waals surface area contributed by atoms with Crippen LogP contribution in [0.4, 0.5) is 19.0 Å². The molecule has 0 aliphatic rings. The minimum Gasteiger partial charge on any atom is -0.363 e. The summed E-state index contributed by atoms with van der Waals surface area (Å²) < 4.78 is 39.6. The topological polar surface area (TPSA) is 42.2 Å². The van der Waals surface area contributed by atoms with Crippen LogP contribution in [-0.2, 0) is 12.7 Å². The van der Waals surface area contributed by atoms with Crippen molar-refractivity contribution in [3.63, 3.8) is 0 Å². The molecule has 3 rings (SSSR count). The molecular weight excluding hydrogens is 329 g/mol. The third-order valence-corrected chi connectivity index (χ3v) is 3.62. The van der Waals surface area contributed by atoms with Crippen LogP contribution >= 0.6 is 11.6 Å². The number of alkyl halides is 3. The quantitative estimate of drug-likeness (QED) is 0.772. The molecule has 3 aromatic heterocycles. The number of aromatic nitrogens is 3. The van der Waals surface area contributed by atoms with Crippen LogP contribution in [0.5, 0.6) is 0 Å². The van der Waals surface area contributed by atoms with E-state index in [0.717, 1.165) is 29.2 Å². The third kappa shape index (κ3) is 3.24. The van der Waals surface area contributed by atoms with Crippen LogP contribution in [0.3, 0.4) is 0 Å². The predicted octanol–water partition coefficient (Wildman–Crippen LogP) is 4.32. The average Bonchev–Trinajstić information content (AvgIpc) is 2.89. The molecule has 0 atom stereocenters. The number of nitrogens with zero attached hydrogens (tertiary/aromatic N) is 3. The van der Waals surface area contributed by atoms with Crippen LogP contribution < -0.4 is 5.32 Å². The highest BCUT2D eigenvalue weighted by Gasteiger charge is 2.31. The number of fused-ring (bicyclic) bond motifs is 1. The number of halogens is 4. The molecule has 23 heavy (non-hydrogen) atoms. The van der Waals surface area contributed by atoms with Gasteiger partial charge < -0.3 is 9.72 Å². The summed E-state index contributed by atoms with van der Waals surface area (Å²) in [4.78, 5) is 8.20.